The molecular weight excluding hydrogens is 496 g/mol. The van der Waals surface area contributed by atoms with Crippen molar-refractivity contribution < 1.29 is 19.7 Å². The minimum Gasteiger partial charge on any atom is -0.368 e. The second-order valence-corrected chi connectivity index (χ2v) is 12.4. The van der Waals surface area contributed by atoms with Gasteiger partial charge in [-0.05, 0) is 32.1 Å². The quantitative estimate of drug-likeness (QED) is 0.0597. The summed E-state index contributed by atoms with van der Waals surface area (Å²) in [7, 11) is 0. The van der Waals surface area contributed by atoms with Crippen molar-refractivity contribution in [3.05, 3.63) is 6.92 Å². The summed E-state index contributed by atoms with van der Waals surface area (Å²) in [5, 5.41) is 20.4. The maximum absolute atomic E-state index is 10.3. The summed E-state index contributed by atoms with van der Waals surface area (Å²) in [5.74, 6) is 0. The van der Waals surface area contributed by atoms with E-state index < -0.39 is 12.6 Å². The lowest BCUT2D eigenvalue weighted by atomic mass is 10.0. The van der Waals surface area contributed by atoms with E-state index in [0.717, 1.165) is 25.7 Å². The molecule has 3 atom stereocenters. The molecule has 4 heteroatoms. The van der Waals surface area contributed by atoms with Gasteiger partial charge in [0.05, 0.1) is 12.7 Å². The van der Waals surface area contributed by atoms with Crippen LogP contribution in [0.2, 0.25) is 0 Å². The summed E-state index contributed by atoms with van der Waals surface area (Å²) in [4.78, 5) is 0. The molecule has 0 fully saturated rings. The predicted octanol–water partition coefficient (Wildman–Crippen LogP) is 11.2. The number of aliphatic hydroxyl groups excluding tert-OH is 2. The van der Waals surface area contributed by atoms with E-state index in [4.69, 9.17) is 9.47 Å². The second kappa shape index (κ2) is 33.3. The van der Waals surface area contributed by atoms with Gasteiger partial charge in [-0.15, -0.1) is 0 Å². The van der Waals surface area contributed by atoms with Crippen LogP contribution in [0, 0.1) is 6.92 Å². The van der Waals surface area contributed by atoms with E-state index in [1.165, 1.54) is 141 Å². The van der Waals surface area contributed by atoms with Crippen LogP contribution in [-0.2, 0) is 9.47 Å². The molecule has 0 aromatic rings. The summed E-state index contributed by atoms with van der Waals surface area (Å²) < 4.78 is 11.3. The third-order valence-corrected chi connectivity index (χ3v) is 8.26. The molecule has 0 saturated heterocycles. The summed E-state index contributed by atoms with van der Waals surface area (Å²) in [6.45, 7) is 8.77. The van der Waals surface area contributed by atoms with Crippen molar-refractivity contribution in [2.75, 3.05) is 6.61 Å². The Balaban J connectivity index is 3.51. The summed E-state index contributed by atoms with van der Waals surface area (Å²) in [5.41, 5.74) is 0. The number of aliphatic hydroxyl groups is 2. The van der Waals surface area contributed by atoms with Crippen LogP contribution in [0.25, 0.3) is 0 Å². The molecule has 0 heterocycles. The van der Waals surface area contributed by atoms with Gasteiger partial charge < -0.3 is 19.7 Å². The Hall–Kier alpha value is -0.160. The van der Waals surface area contributed by atoms with Crippen LogP contribution in [0.4, 0.5) is 0 Å². The first-order valence-electron chi connectivity index (χ1n) is 18.1. The van der Waals surface area contributed by atoms with E-state index >= 15 is 0 Å². The van der Waals surface area contributed by atoms with Gasteiger partial charge in [0.2, 0.25) is 0 Å². The Kier molecular flexibility index (Phi) is 33.2. The van der Waals surface area contributed by atoms with Crippen LogP contribution in [0.15, 0.2) is 0 Å². The first-order valence-corrected chi connectivity index (χ1v) is 18.1. The van der Waals surface area contributed by atoms with Gasteiger partial charge in [0.15, 0.2) is 12.6 Å². The summed E-state index contributed by atoms with van der Waals surface area (Å²) in [6, 6.07) is 0. The third kappa shape index (κ3) is 30.8. The fourth-order valence-corrected chi connectivity index (χ4v) is 5.46. The van der Waals surface area contributed by atoms with Crippen molar-refractivity contribution >= 4 is 0 Å². The molecule has 0 rings (SSSR count). The summed E-state index contributed by atoms with van der Waals surface area (Å²) >= 11 is 0. The molecule has 40 heavy (non-hydrogen) atoms. The molecule has 1 radical (unpaired) electrons. The lowest BCUT2D eigenvalue weighted by Gasteiger charge is -2.22. The molecule has 2 unspecified atom stereocenters. The first-order chi connectivity index (χ1) is 19.6. The summed E-state index contributed by atoms with van der Waals surface area (Å²) in [6.07, 6.45) is 34.5. The molecule has 4 nitrogen and oxygen atoms in total. The van der Waals surface area contributed by atoms with E-state index in [1.54, 1.807) is 0 Å². The molecule has 2 N–H and O–H groups in total. The van der Waals surface area contributed by atoms with Crippen LogP contribution in [-0.4, -0.2) is 35.5 Å². The van der Waals surface area contributed by atoms with E-state index in [0.29, 0.717) is 25.9 Å². The lowest BCUT2D eigenvalue weighted by Crippen LogP contribution is -2.28. The smallest absolute Gasteiger partial charge is 0.155 e. The molecule has 0 spiro atoms. The normalized spacial score (nSPS) is 14.0. The molecular formula is C36H73O4. The highest BCUT2D eigenvalue weighted by molar-refractivity contribution is 4.61. The minimum atomic E-state index is -0.763. The van der Waals surface area contributed by atoms with E-state index in [1.807, 2.05) is 0 Å². The number of hydrogen-bond donors (Lipinski definition) is 2. The monoisotopic (exact) mass is 570 g/mol. The minimum absolute atomic E-state index is 0.265. The van der Waals surface area contributed by atoms with E-state index in [-0.39, 0.29) is 6.10 Å². The standard InChI is InChI=1S/C36H73O4/c1-4-7-9-11-13-15-17-19-21-23-25-27-29-31-35(37)39-33-34(6-3)40-36(38)32-30-28-26-24-22-20-18-16-14-12-10-8-5-2/h34-38H,3-33H2,1-2H3/t34?,35?,36-/m0/s1. The maximum Gasteiger partial charge on any atom is 0.155 e. The van der Waals surface area contributed by atoms with Gasteiger partial charge in [-0.1, -0.05) is 175 Å². The Morgan fingerprint density at radius 2 is 0.750 bits per heavy atom. The third-order valence-electron chi connectivity index (χ3n) is 8.26. The Morgan fingerprint density at radius 1 is 0.450 bits per heavy atom. The average Bonchev–Trinajstić information content (AvgIpc) is 2.96. The van der Waals surface area contributed by atoms with E-state index in [2.05, 4.69) is 20.8 Å². The fourth-order valence-electron chi connectivity index (χ4n) is 5.46. The molecule has 0 aliphatic heterocycles. The van der Waals surface area contributed by atoms with Crippen LogP contribution < -0.4 is 0 Å². The molecule has 0 bridgehead atoms. The highest BCUT2D eigenvalue weighted by atomic mass is 16.6. The molecule has 0 saturated carbocycles. The molecule has 0 aromatic carbocycles. The van der Waals surface area contributed by atoms with Gasteiger partial charge in [0, 0.05) is 0 Å². The average molecular weight is 570 g/mol. The number of hydrogen-bond acceptors (Lipinski definition) is 4. The zero-order valence-corrected chi connectivity index (χ0v) is 27.4. The maximum atomic E-state index is 10.3. The number of ether oxygens (including phenoxy) is 2. The van der Waals surface area contributed by atoms with Crippen LogP contribution >= 0.6 is 0 Å². The van der Waals surface area contributed by atoms with Gasteiger partial charge in [0.25, 0.3) is 0 Å². The molecule has 0 aromatic heterocycles. The van der Waals surface area contributed by atoms with Crippen LogP contribution in [0.5, 0.6) is 0 Å². The van der Waals surface area contributed by atoms with Crippen LogP contribution in [0.3, 0.4) is 0 Å². The topological polar surface area (TPSA) is 58.9 Å². The second-order valence-electron chi connectivity index (χ2n) is 12.4. The molecule has 241 valence electrons. The highest BCUT2D eigenvalue weighted by Gasteiger charge is 2.15. The van der Waals surface area contributed by atoms with Gasteiger partial charge in [0.1, 0.15) is 0 Å². The zero-order chi connectivity index (χ0) is 29.4. The molecule has 0 amide bonds. The number of unbranched alkanes of at least 4 members (excludes halogenated alkanes) is 24. The van der Waals surface area contributed by atoms with Gasteiger partial charge in [-0.3, -0.25) is 0 Å². The number of rotatable bonds is 34. The predicted molar refractivity (Wildman–Crippen MR) is 173 cm³/mol. The largest absolute Gasteiger partial charge is 0.368 e. The zero-order valence-electron chi connectivity index (χ0n) is 27.4. The van der Waals surface area contributed by atoms with Crippen molar-refractivity contribution in [3.8, 4) is 0 Å². The van der Waals surface area contributed by atoms with Gasteiger partial charge in [-0.2, -0.15) is 0 Å². The SMILES string of the molecule is [CH2]CC(COC(O)CCCCCCCCCCCCCCC)O[C@H](O)CCCCCCCCCCCCCCC. The van der Waals surface area contributed by atoms with Gasteiger partial charge >= 0.3 is 0 Å². The first kappa shape index (κ1) is 39.8. The van der Waals surface area contributed by atoms with Crippen molar-refractivity contribution in [2.45, 2.75) is 219 Å². The van der Waals surface area contributed by atoms with Crippen LogP contribution in [0.1, 0.15) is 200 Å². The Morgan fingerprint density at radius 3 is 1.07 bits per heavy atom. The van der Waals surface area contributed by atoms with E-state index in [9.17, 15) is 10.2 Å². The van der Waals surface area contributed by atoms with Crippen molar-refractivity contribution in [2.24, 2.45) is 0 Å². The van der Waals surface area contributed by atoms with Crippen molar-refractivity contribution in [3.63, 3.8) is 0 Å². The Labute approximate surface area is 251 Å². The van der Waals surface area contributed by atoms with Crippen molar-refractivity contribution in [1.29, 1.82) is 0 Å². The highest BCUT2D eigenvalue weighted by Crippen LogP contribution is 2.16. The fraction of sp³-hybridized carbons (Fsp3) is 0.972. The molecule has 0 aliphatic carbocycles. The lowest BCUT2D eigenvalue weighted by molar-refractivity contribution is -0.183. The Bertz CT molecular complexity index is 458. The van der Waals surface area contributed by atoms with Crippen molar-refractivity contribution in [1.82, 2.24) is 0 Å². The van der Waals surface area contributed by atoms with Gasteiger partial charge in [-0.25, -0.2) is 0 Å². The molecule has 0 aliphatic rings.